The van der Waals surface area contributed by atoms with Crippen molar-refractivity contribution in [3.8, 4) is 11.5 Å². The fourth-order valence-electron chi connectivity index (χ4n) is 3.41. The van der Waals surface area contributed by atoms with Crippen molar-refractivity contribution in [2.75, 3.05) is 20.8 Å². The number of hydrogen-bond acceptors (Lipinski definition) is 4. The van der Waals surface area contributed by atoms with Crippen molar-refractivity contribution in [2.45, 2.75) is 19.0 Å². The standard InChI is InChI=1S/C26H27BrN2O4/c1-28-26(31)24(16-19-6-4-3-5-7-19)29(17-20-8-10-21(27)11-9-20)25(30)18-33-23-14-12-22(32-2)13-15-23/h3-15,24H,16-18H2,1-2H3,(H,28,31)/t24-/m0/s1. The van der Waals surface area contributed by atoms with E-state index in [0.717, 1.165) is 15.6 Å². The lowest BCUT2D eigenvalue weighted by Gasteiger charge is -2.31. The molecule has 3 rings (SSSR count). The summed E-state index contributed by atoms with van der Waals surface area (Å²) in [4.78, 5) is 27.8. The molecular formula is C26H27BrN2O4. The van der Waals surface area contributed by atoms with E-state index in [1.54, 1.807) is 43.3 Å². The van der Waals surface area contributed by atoms with Gasteiger partial charge in [-0.05, 0) is 47.5 Å². The second-order valence-electron chi connectivity index (χ2n) is 7.43. The van der Waals surface area contributed by atoms with E-state index in [1.807, 2.05) is 54.6 Å². The maximum Gasteiger partial charge on any atom is 0.261 e. The molecule has 33 heavy (non-hydrogen) atoms. The van der Waals surface area contributed by atoms with Crippen molar-refractivity contribution in [1.29, 1.82) is 0 Å². The second-order valence-corrected chi connectivity index (χ2v) is 8.35. The molecule has 6 nitrogen and oxygen atoms in total. The summed E-state index contributed by atoms with van der Waals surface area (Å²) >= 11 is 3.44. The molecule has 1 N–H and O–H groups in total. The third kappa shape index (κ3) is 7.08. The highest BCUT2D eigenvalue weighted by molar-refractivity contribution is 9.10. The molecule has 2 amide bonds. The molecule has 0 spiro atoms. The van der Waals surface area contributed by atoms with Crippen LogP contribution in [0.4, 0.5) is 0 Å². The van der Waals surface area contributed by atoms with E-state index in [-0.39, 0.29) is 25.0 Å². The van der Waals surface area contributed by atoms with Crippen LogP contribution >= 0.6 is 15.9 Å². The quantitative estimate of drug-likeness (QED) is 0.443. The Morgan fingerprint density at radius 3 is 2.15 bits per heavy atom. The van der Waals surface area contributed by atoms with Gasteiger partial charge >= 0.3 is 0 Å². The van der Waals surface area contributed by atoms with Crippen molar-refractivity contribution in [3.63, 3.8) is 0 Å². The first kappa shape index (κ1) is 24.3. The fourth-order valence-corrected chi connectivity index (χ4v) is 3.67. The number of rotatable bonds is 10. The largest absolute Gasteiger partial charge is 0.497 e. The van der Waals surface area contributed by atoms with Crippen molar-refractivity contribution in [3.05, 3.63) is 94.5 Å². The van der Waals surface area contributed by atoms with E-state index in [0.29, 0.717) is 17.9 Å². The lowest BCUT2D eigenvalue weighted by atomic mass is 10.0. The highest BCUT2D eigenvalue weighted by Crippen LogP contribution is 2.19. The molecule has 172 valence electrons. The molecule has 0 radical (unpaired) electrons. The van der Waals surface area contributed by atoms with Crippen LogP contribution in [-0.2, 0) is 22.6 Å². The summed E-state index contributed by atoms with van der Waals surface area (Å²) in [5.74, 6) is 0.743. The van der Waals surface area contributed by atoms with Gasteiger partial charge < -0.3 is 19.7 Å². The molecule has 1 atom stereocenters. The Labute approximate surface area is 202 Å². The van der Waals surface area contributed by atoms with Gasteiger partial charge in [0.2, 0.25) is 5.91 Å². The Morgan fingerprint density at radius 1 is 0.909 bits per heavy atom. The van der Waals surface area contributed by atoms with Gasteiger partial charge in [0.1, 0.15) is 17.5 Å². The van der Waals surface area contributed by atoms with Crippen LogP contribution in [-0.4, -0.2) is 43.5 Å². The maximum absolute atomic E-state index is 13.3. The second kappa shape index (κ2) is 12.1. The Kier molecular flexibility index (Phi) is 8.89. The van der Waals surface area contributed by atoms with Crippen molar-refractivity contribution in [2.24, 2.45) is 0 Å². The molecule has 0 aliphatic rings. The Hall–Kier alpha value is -3.32. The summed E-state index contributed by atoms with van der Waals surface area (Å²) in [5.41, 5.74) is 1.88. The number of carbonyl (C=O) groups excluding carboxylic acids is 2. The van der Waals surface area contributed by atoms with Crippen molar-refractivity contribution in [1.82, 2.24) is 10.2 Å². The van der Waals surface area contributed by atoms with E-state index in [4.69, 9.17) is 9.47 Å². The molecule has 0 saturated heterocycles. The summed E-state index contributed by atoms with van der Waals surface area (Å²) in [6, 6.07) is 23.7. The number of hydrogen-bond donors (Lipinski definition) is 1. The molecule has 3 aromatic carbocycles. The predicted octanol–water partition coefficient (Wildman–Crippen LogP) is 4.22. The molecule has 0 fully saturated rings. The van der Waals surface area contributed by atoms with Crippen LogP contribution < -0.4 is 14.8 Å². The SMILES string of the molecule is CNC(=O)[C@H](Cc1ccccc1)N(Cc1ccc(Br)cc1)C(=O)COc1ccc(OC)cc1. The Morgan fingerprint density at radius 2 is 1.55 bits per heavy atom. The van der Waals surface area contributed by atoms with Crippen LogP contribution in [0.25, 0.3) is 0 Å². The topological polar surface area (TPSA) is 67.9 Å². The smallest absolute Gasteiger partial charge is 0.261 e. The summed E-state index contributed by atoms with van der Waals surface area (Å²) in [5, 5.41) is 2.71. The van der Waals surface area contributed by atoms with Crippen LogP contribution in [0.1, 0.15) is 11.1 Å². The van der Waals surface area contributed by atoms with Crippen LogP contribution in [0, 0.1) is 0 Å². The summed E-state index contributed by atoms with van der Waals surface area (Å²) in [7, 11) is 3.17. The number of ether oxygens (including phenoxy) is 2. The minimum Gasteiger partial charge on any atom is -0.497 e. The average Bonchev–Trinajstić information content (AvgIpc) is 2.86. The summed E-state index contributed by atoms with van der Waals surface area (Å²) in [6.45, 7) is 0.0914. The van der Waals surface area contributed by atoms with E-state index in [9.17, 15) is 9.59 Å². The third-order valence-corrected chi connectivity index (χ3v) is 5.73. The van der Waals surface area contributed by atoms with Gasteiger partial charge in [0.15, 0.2) is 6.61 Å². The van der Waals surface area contributed by atoms with Gasteiger partial charge in [-0.1, -0.05) is 58.4 Å². The van der Waals surface area contributed by atoms with Gasteiger partial charge in [-0.15, -0.1) is 0 Å². The zero-order valence-electron chi connectivity index (χ0n) is 18.7. The molecule has 3 aromatic rings. The van der Waals surface area contributed by atoms with Crippen LogP contribution in [0.2, 0.25) is 0 Å². The number of halogens is 1. The number of nitrogens with zero attached hydrogens (tertiary/aromatic N) is 1. The van der Waals surface area contributed by atoms with Gasteiger partial charge in [0.05, 0.1) is 7.11 Å². The molecule has 0 heterocycles. The van der Waals surface area contributed by atoms with E-state index >= 15 is 0 Å². The monoisotopic (exact) mass is 510 g/mol. The van der Waals surface area contributed by atoms with E-state index in [1.165, 1.54) is 0 Å². The highest BCUT2D eigenvalue weighted by Gasteiger charge is 2.30. The van der Waals surface area contributed by atoms with E-state index < -0.39 is 6.04 Å². The molecule has 0 saturated carbocycles. The van der Waals surface area contributed by atoms with Crippen LogP contribution in [0.3, 0.4) is 0 Å². The number of likely N-dealkylation sites (N-methyl/N-ethyl adjacent to an activating group) is 1. The maximum atomic E-state index is 13.3. The Bertz CT molecular complexity index is 1040. The normalized spacial score (nSPS) is 11.4. The summed E-state index contributed by atoms with van der Waals surface area (Å²) < 4.78 is 11.8. The van der Waals surface area contributed by atoms with E-state index in [2.05, 4.69) is 21.2 Å². The number of nitrogens with one attached hydrogen (secondary N) is 1. The first-order chi connectivity index (χ1) is 16.0. The number of benzene rings is 3. The zero-order valence-corrected chi connectivity index (χ0v) is 20.2. The van der Waals surface area contributed by atoms with Crippen LogP contribution in [0.5, 0.6) is 11.5 Å². The lowest BCUT2D eigenvalue weighted by Crippen LogP contribution is -2.51. The summed E-state index contributed by atoms with van der Waals surface area (Å²) in [6.07, 6.45) is 0.394. The first-order valence-corrected chi connectivity index (χ1v) is 11.4. The van der Waals surface area contributed by atoms with Crippen molar-refractivity contribution >= 4 is 27.7 Å². The number of amides is 2. The highest BCUT2D eigenvalue weighted by atomic mass is 79.9. The Balaban J connectivity index is 1.84. The zero-order chi connectivity index (χ0) is 23.6. The molecule has 0 aromatic heterocycles. The predicted molar refractivity (Wildman–Crippen MR) is 131 cm³/mol. The number of methoxy groups -OCH3 is 1. The van der Waals surface area contributed by atoms with Gasteiger partial charge in [0.25, 0.3) is 5.91 Å². The van der Waals surface area contributed by atoms with Crippen LogP contribution in [0.15, 0.2) is 83.3 Å². The van der Waals surface area contributed by atoms with Crippen molar-refractivity contribution < 1.29 is 19.1 Å². The molecule has 7 heteroatoms. The lowest BCUT2D eigenvalue weighted by molar-refractivity contribution is -0.142. The van der Waals surface area contributed by atoms with Gasteiger partial charge in [0, 0.05) is 24.5 Å². The molecule has 0 unspecified atom stereocenters. The van der Waals surface area contributed by atoms with Gasteiger partial charge in [-0.2, -0.15) is 0 Å². The minimum absolute atomic E-state index is 0.189. The third-order valence-electron chi connectivity index (χ3n) is 5.21. The molecule has 0 aliphatic carbocycles. The fraction of sp³-hybridized carbons (Fsp3) is 0.231. The molecule has 0 aliphatic heterocycles. The molecular weight excluding hydrogens is 484 g/mol. The van der Waals surface area contributed by atoms with Gasteiger partial charge in [-0.3, -0.25) is 9.59 Å². The minimum atomic E-state index is -0.687. The van der Waals surface area contributed by atoms with Gasteiger partial charge in [-0.25, -0.2) is 0 Å². The molecule has 0 bridgehead atoms. The number of carbonyl (C=O) groups is 2. The average molecular weight is 511 g/mol. The first-order valence-electron chi connectivity index (χ1n) is 10.6.